The van der Waals surface area contributed by atoms with E-state index in [1.807, 2.05) is 13.8 Å². The predicted molar refractivity (Wildman–Crippen MR) is 75.6 cm³/mol. The summed E-state index contributed by atoms with van der Waals surface area (Å²) < 4.78 is 7.96. The number of hydrogen-bond acceptors (Lipinski definition) is 3. The topological polar surface area (TPSA) is 63.3 Å². The standard InChI is InChI=1S/C14H16N4O/c1-9-6-11-13-12(7-9)19-5-3-4-18(13)14(17-11)10(2)16-8-15/h6-8,15H,3-5H2,1-2H3/b15-8?,16-10+. The van der Waals surface area contributed by atoms with Gasteiger partial charge in [-0.15, -0.1) is 0 Å². The fraction of sp³-hybridized carbons (Fsp3) is 0.357. The molecule has 0 bridgehead atoms. The van der Waals surface area contributed by atoms with Crippen LogP contribution < -0.4 is 4.74 Å². The molecule has 5 heteroatoms. The second-order valence-corrected chi connectivity index (χ2v) is 4.76. The number of aromatic nitrogens is 2. The van der Waals surface area contributed by atoms with Crippen molar-refractivity contribution in [3.8, 4) is 5.75 Å². The Morgan fingerprint density at radius 2 is 2.37 bits per heavy atom. The van der Waals surface area contributed by atoms with E-state index in [1.54, 1.807) is 0 Å². The van der Waals surface area contributed by atoms with E-state index in [1.165, 1.54) is 0 Å². The largest absolute Gasteiger partial charge is 0.491 e. The third kappa shape index (κ3) is 1.91. The minimum Gasteiger partial charge on any atom is -0.491 e. The molecule has 0 unspecified atom stereocenters. The third-order valence-electron chi connectivity index (χ3n) is 3.32. The van der Waals surface area contributed by atoms with Gasteiger partial charge in [-0.1, -0.05) is 0 Å². The minimum absolute atomic E-state index is 0.723. The van der Waals surface area contributed by atoms with Crippen LogP contribution in [0.5, 0.6) is 5.75 Å². The molecule has 0 amide bonds. The number of aryl methyl sites for hydroxylation is 2. The van der Waals surface area contributed by atoms with Gasteiger partial charge in [-0.3, -0.25) is 5.41 Å². The highest BCUT2D eigenvalue weighted by atomic mass is 16.5. The van der Waals surface area contributed by atoms with Crippen LogP contribution >= 0.6 is 0 Å². The predicted octanol–water partition coefficient (Wildman–Crippen LogP) is 2.54. The number of imidazole rings is 1. The zero-order valence-corrected chi connectivity index (χ0v) is 11.1. The molecule has 0 radical (unpaired) electrons. The summed E-state index contributed by atoms with van der Waals surface area (Å²) in [6, 6.07) is 4.11. The summed E-state index contributed by atoms with van der Waals surface area (Å²) in [4.78, 5) is 8.69. The van der Waals surface area contributed by atoms with Crippen molar-refractivity contribution < 1.29 is 4.74 Å². The molecule has 1 aliphatic rings. The molecule has 2 heterocycles. The zero-order chi connectivity index (χ0) is 13.4. The van der Waals surface area contributed by atoms with Gasteiger partial charge in [0.25, 0.3) is 0 Å². The van der Waals surface area contributed by atoms with Gasteiger partial charge in [-0.25, -0.2) is 9.98 Å². The van der Waals surface area contributed by atoms with E-state index in [4.69, 9.17) is 10.1 Å². The van der Waals surface area contributed by atoms with E-state index in [0.717, 1.165) is 59.8 Å². The summed E-state index contributed by atoms with van der Waals surface area (Å²) in [5.74, 6) is 1.73. The molecule has 0 spiro atoms. The summed E-state index contributed by atoms with van der Waals surface area (Å²) in [7, 11) is 0. The van der Waals surface area contributed by atoms with Gasteiger partial charge in [-0.2, -0.15) is 0 Å². The van der Waals surface area contributed by atoms with E-state index >= 15 is 0 Å². The maximum atomic E-state index is 7.10. The fourth-order valence-electron chi connectivity index (χ4n) is 2.53. The summed E-state index contributed by atoms with van der Waals surface area (Å²) in [5, 5.41) is 7.10. The van der Waals surface area contributed by atoms with E-state index in [0.29, 0.717) is 0 Å². The molecule has 19 heavy (non-hydrogen) atoms. The van der Waals surface area contributed by atoms with Crippen LogP contribution in [-0.4, -0.2) is 28.2 Å². The Labute approximate surface area is 111 Å². The van der Waals surface area contributed by atoms with Crippen molar-refractivity contribution in [2.24, 2.45) is 4.99 Å². The minimum atomic E-state index is 0.723. The molecule has 1 aromatic heterocycles. The highest BCUT2D eigenvalue weighted by molar-refractivity contribution is 6.02. The van der Waals surface area contributed by atoms with Crippen molar-refractivity contribution in [2.45, 2.75) is 26.8 Å². The van der Waals surface area contributed by atoms with Crippen molar-refractivity contribution in [1.82, 2.24) is 9.55 Å². The first-order valence-corrected chi connectivity index (χ1v) is 6.38. The van der Waals surface area contributed by atoms with Crippen LogP contribution in [0.2, 0.25) is 0 Å². The van der Waals surface area contributed by atoms with Crippen molar-refractivity contribution in [3.63, 3.8) is 0 Å². The smallest absolute Gasteiger partial charge is 0.155 e. The van der Waals surface area contributed by atoms with E-state index in [-0.39, 0.29) is 0 Å². The second-order valence-electron chi connectivity index (χ2n) is 4.76. The van der Waals surface area contributed by atoms with Gasteiger partial charge < -0.3 is 9.30 Å². The molecule has 98 valence electrons. The molecule has 5 nitrogen and oxygen atoms in total. The van der Waals surface area contributed by atoms with Crippen LogP contribution in [0.15, 0.2) is 17.1 Å². The molecule has 1 N–H and O–H groups in total. The lowest BCUT2D eigenvalue weighted by Gasteiger charge is -2.06. The Morgan fingerprint density at radius 3 is 3.16 bits per heavy atom. The molecular weight excluding hydrogens is 240 g/mol. The van der Waals surface area contributed by atoms with Crippen molar-refractivity contribution in [3.05, 3.63) is 23.5 Å². The number of ether oxygens (including phenoxy) is 1. The molecule has 1 aliphatic heterocycles. The quantitative estimate of drug-likeness (QED) is 0.663. The van der Waals surface area contributed by atoms with Crippen molar-refractivity contribution in [2.75, 3.05) is 6.61 Å². The normalized spacial score (nSPS) is 15.2. The van der Waals surface area contributed by atoms with Crippen LogP contribution in [0.25, 0.3) is 11.0 Å². The highest BCUT2D eigenvalue weighted by Crippen LogP contribution is 2.31. The zero-order valence-electron chi connectivity index (χ0n) is 11.1. The van der Waals surface area contributed by atoms with Gasteiger partial charge in [0.1, 0.15) is 17.6 Å². The number of nitrogens with one attached hydrogen (secondary N) is 1. The number of nitrogens with zero attached hydrogens (tertiary/aromatic N) is 3. The molecule has 3 rings (SSSR count). The first-order valence-electron chi connectivity index (χ1n) is 6.38. The monoisotopic (exact) mass is 256 g/mol. The number of benzene rings is 1. The molecular formula is C14H16N4O. The summed E-state index contributed by atoms with van der Waals surface area (Å²) in [5.41, 5.74) is 3.88. The van der Waals surface area contributed by atoms with Gasteiger partial charge >= 0.3 is 0 Å². The van der Waals surface area contributed by atoms with Crippen LogP contribution in [0.3, 0.4) is 0 Å². The molecule has 0 atom stereocenters. The Morgan fingerprint density at radius 1 is 1.53 bits per heavy atom. The highest BCUT2D eigenvalue weighted by Gasteiger charge is 2.19. The second kappa shape index (κ2) is 4.50. The van der Waals surface area contributed by atoms with E-state index in [2.05, 4.69) is 26.7 Å². The van der Waals surface area contributed by atoms with E-state index in [9.17, 15) is 0 Å². The first-order chi connectivity index (χ1) is 9.20. The van der Waals surface area contributed by atoms with Crippen LogP contribution in [0.4, 0.5) is 0 Å². The Balaban J connectivity index is 2.33. The summed E-state index contributed by atoms with van der Waals surface area (Å²) in [6.07, 6.45) is 2.01. The average molecular weight is 256 g/mol. The summed E-state index contributed by atoms with van der Waals surface area (Å²) in [6.45, 7) is 5.52. The Kier molecular flexibility index (Phi) is 2.81. The van der Waals surface area contributed by atoms with Gasteiger partial charge in [-0.05, 0) is 38.0 Å². The van der Waals surface area contributed by atoms with Crippen molar-refractivity contribution in [1.29, 1.82) is 5.41 Å². The summed E-state index contributed by atoms with van der Waals surface area (Å²) >= 11 is 0. The Hall–Kier alpha value is -2.17. The van der Waals surface area contributed by atoms with Gasteiger partial charge in [0.2, 0.25) is 0 Å². The number of aliphatic imine (C=N–C) groups is 1. The van der Waals surface area contributed by atoms with Crippen LogP contribution in [0.1, 0.15) is 24.7 Å². The lowest BCUT2D eigenvalue weighted by atomic mass is 10.2. The SMILES string of the molecule is C/C(=N\C=N)c1nc2cc(C)cc3c2n1CCCO3. The number of rotatable bonds is 2. The molecule has 0 saturated carbocycles. The van der Waals surface area contributed by atoms with E-state index < -0.39 is 0 Å². The van der Waals surface area contributed by atoms with Gasteiger partial charge in [0, 0.05) is 6.54 Å². The molecule has 1 aromatic carbocycles. The molecule has 0 aliphatic carbocycles. The average Bonchev–Trinajstić information content (AvgIpc) is 2.59. The van der Waals surface area contributed by atoms with Crippen LogP contribution in [-0.2, 0) is 6.54 Å². The van der Waals surface area contributed by atoms with Crippen LogP contribution in [0, 0.1) is 12.3 Å². The lowest BCUT2D eigenvalue weighted by molar-refractivity contribution is 0.315. The molecule has 0 saturated heterocycles. The lowest BCUT2D eigenvalue weighted by Crippen LogP contribution is -2.09. The molecule has 0 fully saturated rings. The number of hydrogen-bond donors (Lipinski definition) is 1. The van der Waals surface area contributed by atoms with Gasteiger partial charge in [0.05, 0.1) is 17.8 Å². The molecule has 2 aromatic rings. The maximum absolute atomic E-state index is 7.10. The Bertz CT molecular complexity index is 684. The maximum Gasteiger partial charge on any atom is 0.155 e. The fourth-order valence-corrected chi connectivity index (χ4v) is 2.53. The van der Waals surface area contributed by atoms with Gasteiger partial charge in [0.15, 0.2) is 5.82 Å². The van der Waals surface area contributed by atoms with Crippen molar-refractivity contribution >= 4 is 23.1 Å². The first kappa shape index (κ1) is 11.9. The third-order valence-corrected chi connectivity index (χ3v) is 3.32.